The van der Waals surface area contributed by atoms with Crippen LogP contribution in [0.5, 0.6) is 0 Å². The predicted molar refractivity (Wildman–Crippen MR) is 48.7 cm³/mol. The number of hydrogen-bond acceptors (Lipinski definition) is 1. The summed E-state index contributed by atoms with van der Waals surface area (Å²) < 4.78 is 0. The van der Waals surface area contributed by atoms with Crippen molar-refractivity contribution in [2.75, 3.05) is 13.2 Å². The smallest absolute Gasteiger partial charge is 0.00218 e. The van der Waals surface area contributed by atoms with Crippen LogP contribution in [0.2, 0.25) is 0 Å². The van der Waals surface area contributed by atoms with Crippen LogP contribution >= 0.6 is 0 Å². The average molecular weight is 422 g/mol. The molecular weight excluding hydrogens is 403 g/mol. The molecule has 0 saturated carbocycles. The Morgan fingerprint density at radius 1 is 1.25 bits per heavy atom. The van der Waals surface area contributed by atoms with E-state index in [1.165, 1.54) is 0 Å². The standard InChI is InChI=1S/C9H19N2.Rf/c1-7(2)9-5-10-6-11(9)8(3)4;/h7-9H,5-6H2,1-4H3;/q-1;. The topological polar surface area (TPSA) is 17.3 Å². The van der Waals surface area contributed by atoms with Crippen molar-refractivity contribution >= 4 is 0 Å². The summed E-state index contributed by atoms with van der Waals surface area (Å²) in [4.78, 5) is 2.48. The molecule has 0 aromatic carbocycles. The minimum atomic E-state index is 0. The summed E-state index contributed by atoms with van der Waals surface area (Å²) in [6.07, 6.45) is 0. The summed E-state index contributed by atoms with van der Waals surface area (Å²) in [6, 6.07) is 1.34. The second-order valence-electron chi connectivity index (χ2n) is 3.97. The van der Waals surface area contributed by atoms with Crippen molar-refractivity contribution in [3.05, 3.63) is 5.32 Å². The van der Waals surface area contributed by atoms with Gasteiger partial charge in [0.15, 0.2) is 0 Å². The molecule has 0 N–H and O–H groups in total. The van der Waals surface area contributed by atoms with Gasteiger partial charge >= 0.3 is 0 Å². The Hall–Kier alpha value is -1.08. The van der Waals surface area contributed by atoms with Gasteiger partial charge in [0.25, 0.3) is 0 Å². The molecule has 2 nitrogen and oxygen atoms in total. The largest absolute Gasteiger partial charge is 0.649 e. The van der Waals surface area contributed by atoms with Crippen LogP contribution in [0.15, 0.2) is 0 Å². The molecule has 1 aliphatic rings. The maximum absolute atomic E-state index is 4.41. The molecule has 1 saturated heterocycles. The number of hydrogen-bond donors (Lipinski definition) is 0. The SMILES string of the molecule is CC(C)C1C[N-]CN1C(C)C.[Rf]. The summed E-state index contributed by atoms with van der Waals surface area (Å²) in [6.45, 7) is 11.0. The second kappa shape index (κ2) is 4.07. The van der Waals surface area contributed by atoms with Crippen LogP contribution in [-0.4, -0.2) is 30.2 Å². The molecule has 1 rings (SSSR count). The summed E-state index contributed by atoms with van der Waals surface area (Å²) in [5.74, 6) is 0.739. The normalized spacial score (nSPS) is 25.0. The van der Waals surface area contributed by atoms with E-state index in [0.29, 0.717) is 12.1 Å². The van der Waals surface area contributed by atoms with Gasteiger partial charge in [-0.15, -0.1) is 6.54 Å². The quantitative estimate of drug-likeness (QED) is 0.666. The molecule has 0 radical (unpaired) electrons. The summed E-state index contributed by atoms with van der Waals surface area (Å²) >= 11 is 0. The molecule has 1 heterocycles. The van der Waals surface area contributed by atoms with Gasteiger partial charge in [0.1, 0.15) is 0 Å². The van der Waals surface area contributed by atoms with Crippen molar-refractivity contribution in [3.63, 3.8) is 0 Å². The maximum atomic E-state index is 4.41. The minimum absolute atomic E-state index is 0. The molecule has 0 aliphatic carbocycles. The van der Waals surface area contributed by atoms with Gasteiger partial charge in [-0.05, 0) is 25.8 Å². The van der Waals surface area contributed by atoms with Gasteiger partial charge in [-0.3, -0.25) is 0 Å². The van der Waals surface area contributed by atoms with Crippen LogP contribution in [0.1, 0.15) is 27.7 Å². The zero-order chi connectivity index (χ0) is 8.43. The van der Waals surface area contributed by atoms with Crippen LogP contribution in [0.4, 0.5) is 0 Å². The van der Waals surface area contributed by atoms with E-state index in [1.54, 1.807) is 0 Å². The van der Waals surface area contributed by atoms with Gasteiger partial charge in [0, 0.05) is 6.04 Å². The van der Waals surface area contributed by atoms with Crippen molar-refractivity contribution in [2.45, 2.75) is 39.8 Å². The van der Waals surface area contributed by atoms with Crippen LogP contribution < -0.4 is 0 Å². The zero-order valence-corrected chi connectivity index (χ0v) is 15.1. The third kappa shape index (κ3) is 1.95. The average Bonchev–Trinajstić information content (AvgIpc) is 2.32. The van der Waals surface area contributed by atoms with Crippen LogP contribution in [-0.2, 0) is 0 Å². The van der Waals surface area contributed by atoms with Gasteiger partial charge in [-0.1, -0.05) is 20.5 Å². The monoisotopic (exact) mass is 422 g/mol. The molecule has 12 heavy (non-hydrogen) atoms. The van der Waals surface area contributed by atoms with Gasteiger partial charge in [0.05, 0.1) is 0 Å². The maximum Gasteiger partial charge on any atom is 0.00218 e. The molecule has 1 fully saturated rings. The Balaban J connectivity index is 0.00000121. The van der Waals surface area contributed by atoms with Crippen molar-refractivity contribution < 1.29 is 0 Å². The second-order valence-corrected chi connectivity index (χ2v) is 3.97. The Kier molecular flexibility index (Phi) is 3.71. The van der Waals surface area contributed by atoms with Gasteiger partial charge in [0.2, 0.25) is 0 Å². The number of nitrogens with zero attached hydrogens (tertiary/aromatic N) is 2. The van der Waals surface area contributed by atoms with E-state index < -0.39 is 0 Å². The Morgan fingerprint density at radius 2 is 1.83 bits per heavy atom. The zero-order valence-electron chi connectivity index (χ0n) is 8.75. The molecule has 3 heteroatoms. The molecule has 0 amide bonds. The van der Waals surface area contributed by atoms with Gasteiger partial charge in [-0.25, -0.2) is 0 Å². The van der Waals surface area contributed by atoms with Gasteiger partial charge < -0.3 is 10.2 Å². The first-order valence-corrected chi connectivity index (χ1v) is 4.52. The van der Waals surface area contributed by atoms with E-state index in [1.807, 2.05) is 0 Å². The Bertz CT molecular complexity index is 112. The fraction of sp³-hybridized carbons (Fsp3) is 1.00. The van der Waals surface area contributed by atoms with Crippen molar-refractivity contribution in [1.29, 1.82) is 0 Å². The molecule has 68 valence electrons. The van der Waals surface area contributed by atoms with E-state index in [0.717, 1.165) is 19.1 Å². The van der Waals surface area contributed by atoms with E-state index >= 15 is 0 Å². The fourth-order valence-corrected chi connectivity index (χ4v) is 1.66. The van der Waals surface area contributed by atoms with Crippen molar-refractivity contribution in [1.82, 2.24) is 4.90 Å². The third-order valence-electron chi connectivity index (χ3n) is 2.44. The van der Waals surface area contributed by atoms with E-state index in [4.69, 9.17) is 0 Å². The Morgan fingerprint density at radius 3 is 2.17 bits per heavy atom. The van der Waals surface area contributed by atoms with Crippen LogP contribution in [0.25, 0.3) is 5.32 Å². The molecule has 0 aromatic rings. The van der Waals surface area contributed by atoms with E-state index in [-0.39, 0.29) is 0 Å². The third-order valence-corrected chi connectivity index (χ3v) is 2.44. The minimum Gasteiger partial charge on any atom is -0.649 e. The molecule has 0 aromatic heterocycles. The van der Waals surface area contributed by atoms with E-state index in [9.17, 15) is 0 Å². The van der Waals surface area contributed by atoms with Crippen molar-refractivity contribution in [3.8, 4) is 0 Å². The summed E-state index contributed by atoms with van der Waals surface area (Å²) in [5.41, 5.74) is 0. The molecule has 1 atom stereocenters. The van der Waals surface area contributed by atoms with Gasteiger partial charge in [-0.2, -0.15) is 0 Å². The number of rotatable bonds is 2. The van der Waals surface area contributed by atoms with Crippen LogP contribution in [0, 0.1) is 5.92 Å². The molecule has 0 spiro atoms. The first-order chi connectivity index (χ1) is 5.13. The first-order valence-electron chi connectivity index (χ1n) is 4.52. The van der Waals surface area contributed by atoms with Crippen molar-refractivity contribution in [2.24, 2.45) is 5.92 Å². The molecule has 1 unspecified atom stereocenters. The van der Waals surface area contributed by atoms with E-state index in [2.05, 4.69) is 37.9 Å². The summed E-state index contributed by atoms with van der Waals surface area (Å²) in [5, 5.41) is 4.41. The summed E-state index contributed by atoms with van der Waals surface area (Å²) in [7, 11) is 0. The van der Waals surface area contributed by atoms with Crippen LogP contribution in [0.3, 0.4) is 0 Å². The predicted octanol–water partition coefficient (Wildman–Crippen LogP) is 2.07. The first kappa shape index (κ1) is 10.9. The molecule has 1 aliphatic heterocycles. The fourth-order valence-electron chi connectivity index (χ4n) is 1.66. The Labute approximate surface area is 70.0 Å². The molecule has 0 bridgehead atoms. The molecular formula is C9H19N2Rf-.